The van der Waals surface area contributed by atoms with Crippen molar-refractivity contribution in [1.82, 2.24) is 29.4 Å². The third-order valence-electron chi connectivity index (χ3n) is 12.1. The van der Waals surface area contributed by atoms with E-state index >= 15 is 0 Å². The van der Waals surface area contributed by atoms with Crippen molar-refractivity contribution in [3.63, 3.8) is 0 Å². The van der Waals surface area contributed by atoms with Crippen LogP contribution in [-0.4, -0.2) is 143 Å². The van der Waals surface area contributed by atoms with E-state index in [-0.39, 0.29) is 0 Å². The minimum Gasteiger partial charge on any atom is -0.300 e. The van der Waals surface area contributed by atoms with Gasteiger partial charge < -0.3 is 19.6 Å². The summed E-state index contributed by atoms with van der Waals surface area (Å²) in [6.45, 7) is 41.2. The minimum absolute atomic E-state index is 0.647. The Morgan fingerprint density at radius 3 is 1.00 bits per heavy atom. The summed E-state index contributed by atoms with van der Waals surface area (Å²) >= 11 is 0. The van der Waals surface area contributed by atoms with Gasteiger partial charge in [-0.1, -0.05) is 0 Å². The normalized spacial score (nSPS) is 32.4. The van der Waals surface area contributed by atoms with Gasteiger partial charge in [0.15, 0.2) is 0 Å². The highest BCUT2D eigenvalue weighted by Gasteiger charge is 2.45. The van der Waals surface area contributed by atoms with Crippen LogP contribution < -0.4 is 0 Å². The maximum absolute atomic E-state index is 2.67. The van der Waals surface area contributed by atoms with Crippen LogP contribution in [0.3, 0.4) is 0 Å². The van der Waals surface area contributed by atoms with E-state index in [2.05, 4.69) is 112 Å². The molecule has 0 radical (unpaired) electrons. The molecule has 1 spiro atoms. The number of hydrogen-bond donors (Lipinski definition) is 0. The van der Waals surface area contributed by atoms with Gasteiger partial charge in [-0.15, -0.1) is 0 Å². The summed E-state index contributed by atoms with van der Waals surface area (Å²) in [5.74, 6) is 1.92. The molecule has 42 heavy (non-hydrogen) atoms. The molecular weight excluding hydrogens is 516 g/mol. The topological polar surface area (TPSA) is 19.4 Å². The lowest BCUT2D eigenvalue weighted by Gasteiger charge is -2.38. The largest absolute Gasteiger partial charge is 0.300 e. The van der Waals surface area contributed by atoms with Crippen molar-refractivity contribution in [3.8, 4) is 0 Å². The van der Waals surface area contributed by atoms with Gasteiger partial charge in [-0.05, 0) is 133 Å². The van der Waals surface area contributed by atoms with Gasteiger partial charge in [0.25, 0.3) is 0 Å². The maximum Gasteiger partial charge on any atom is 0.0242 e. The summed E-state index contributed by atoms with van der Waals surface area (Å²) in [5.41, 5.74) is 0.647. The van der Waals surface area contributed by atoms with Crippen LogP contribution in [0.5, 0.6) is 0 Å². The smallest absolute Gasteiger partial charge is 0.0242 e. The summed E-state index contributed by atoms with van der Waals surface area (Å²) in [4.78, 5) is 15.9. The Kier molecular flexibility index (Phi) is 11.9. The number of fused-ring (bicyclic) bond motifs is 3. The first-order valence-corrected chi connectivity index (χ1v) is 18.2. The molecule has 0 aliphatic carbocycles. The number of piperazine rings is 1. The standard InChI is InChI=1S/C13H26N2.C12H24N2.C11H22N2/c1-11(2)14-7-5-13(9-14)6-8-15(10-13)12(3)4;1-9(2)13-5-11-7-14(10(3)4)8-12(11)6-13;1-8(2)12-6-11-5-10(12)7-13(11)9(3)4/h11-12H,5-10H2,1-4H3;9-12H,5-8H2,1-4H3;8-11H,5-7H2,1-4H3. The first-order chi connectivity index (χ1) is 19.7. The van der Waals surface area contributed by atoms with Crippen molar-refractivity contribution in [2.75, 3.05) is 65.4 Å². The van der Waals surface area contributed by atoms with Crippen LogP contribution in [-0.2, 0) is 0 Å². The lowest BCUT2D eigenvalue weighted by molar-refractivity contribution is 0.0849. The Bertz CT molecular complexity index is 746. The molecule has 6 fully saturated rings. The van der Waals surface area contributed by atoms with Gasteiger partial charge in [0.1, 0.15) is 0 Å². The van der Waals surface area contributed by atoms with E-state index in [1.165, 1.54) is 84.7 Å². The Morgan fingerprint density at radius 2 is 0.762 bits per heavy atom. The average molecular weight is 589 g/mol. The molecule has 6 aliphatic rings. The Balaban J connectivity index is 0.000000145. The van der Waals surface area contributed by atoms with Crippen LogP contribution in [0.1, 0.15) is 102 Å². The first kappa shape index (κ1) is 34.6. The monoisotopic (exact) mass is 589 g/mol. The molecule has 2 unspecified atom stereocenters. The van der Waals surface area contributed by atoms with E-state index < -0.39 is 0 Å². The third-order valence-corrected chi connectivity index (χ3v) is 12.1. The van der Waals surface area contributed by atoms with E-state index in [9.17, 15) is 0 Å². The highest BCUT2D eigenvalue weighted by molar-refractivity contribution is 5.01. The van der Waals surface area contributed by atoms with Crippen molar-refractivity contribution in [2.24, 2.45) is 17.3 Å². The second-order valence-corrected chi connectivity index (χ2v) is 16.9. The molecule has 0 amide bonds. The van der Waals surface area contributed by atoms with Gasteiger partial charge >= 0.3 is 0 Å². The number of likely N-dealkylation sites (tertiary alicyclic amines) is 6. The predicted molar refractivity (Wildman–Crippen MR) is 181 cm³/mol. The van der Waals surface area contributed by atoms with Crippen LogP contribution in [0.15, 0.2) is 0 Å². The SMILES string of the molecule is CC(C)N1CC2CC1CN2C(C)C.CC(C)N1CC2CN(C(C)C)CC2C1.CC(C)N1CCC2(CCN(C(C)C)C2)C1. The maximum atomic E-state index is 2.67. The fourth-order valence-electron chi connectivity index (χ4n) is 9.06. The molecule has 2 bridgehead atoms. The molecule has 0 aromatic carbocycles. The van der Waals surface area contributed by atoms with E-state index in [1.54, 1.807) is 0 Å². The molecule has 246 valence electrons. The molecule has 6 nitrogen and oxygen atoms in total. The highest BCUT2D eigenvalue weighted by atomic mass is 15.4. The Morgan fingerprint density at radius 1 is 0.429 bits per heavy atom. The van der Waals surface area contributed by atoms with E-state index in [1.807, 2.05) is 0 Å². The molecule has 6 heteroatoms. The molecule has 6 heterocycles. The fraction of sp³-hybridized carbons (Fsp3) is 1.00. The van der Waals surface area contributed by atoms with Crippen molar-refractivity contribution in [2.45, 2.75) is 151 Å². The molecule has 6 saturated heterocycles. The molecule has 6 rings (SSSR count). The van der Waals surface area contributed by atoms with Gasteiger partial charge in [0.2, 0.25) is 0 Å². The zero-order valence-electron chi connectivity index (χ0n) is 30.1. The summed E-state index contributed by atoms with van der Waals surface area (Å²) in [5, 5.41) is 0. The Labute approximate surface area is 262 Å². The van der Waals surface area contributed by atoms with Gasteiger partial charge in [0, 0.05) is 101 Å². The highest BCUT2D eigenvalue weighted by Crippen LogP contribution is 2.40. The lowest BCUT2D eigenvalue weighted by Crippen LogP contribution is -2.50. The van der Waals surface area contributed by atoms with Crippen LogP contribution in [0, 0.1) is 17.3 Å². The summed E-state index contributed by atoms with van der Waals surface area (Å²) in [6, 6.07) is 6.14. The zero-order chi connectivity index (χ0) is 30.9. The third kappa shape index (κ3) is 8.12. The van der Waals surface area contributed by atoms with E-state index in [0.29, 0.717) is 5.41 Å². The van der Waals surface area contributed by atoms with Crippen LogP contribution in [0.4, 0.5) is 0 Å². The van der Waals surface area contributed by atoms with Gasteiger partial charge in [0.05, 0.1) is 0 Å². The predicted octanol–water partition coefficient (Wildman–Crippen LogP) is 5.43. The molecule has 2 atom stereocenters. The second kappa shape index (κ2) is 14.5. The number of rotatable bonds is 6. The van der Waals surface area contributed by atoms with Crippen LogP contribution >= 0.6 is 0 Å². The van der Waals surface area contributed by atoms with Crippen molar-refractivity contribution in [3.05, 3.63) is 0 Å². The molecule has 0 aromatic rings. The molecule has 0 aromatic heterocycles. The lowest BCUT2D eigenvalue weighted by atomic mass is 9.86. The quantitative estimate of drug-likeness (QED) is 0.409. The van der Waals surface area contributed by atoms with Crippen LogP contribution in [0.25, 0.3) is 0 Å². The van der Waals surface area contributed by atoms with Gasteiger partial charge in [-0.2, -0.15) is 0 Å². The van der Waals surface area contributed by atoms with Crippen molar-refractivity contribution in [1.29, 1.82) is 0 Å². The molecule has 0 N–H and O–H groups in total. The van der Waals surface area contributed by atoms with E-state index in [4.69, 9.17) is 0 Å². The fourth-order valence-corrected chi connectivity index (χ4v) is 9.06. The van der Waals surface area contributed by atoms with Gasteiger partial charge in [-0.3, -0.25) is 9.80 Å². The van der Waals surface area contributed by atoms with Crippen molar-refractivity contribution < 1.29 is 0 Å². The summed E-state index contributed by atoms with van der Waals surface area (Å²) in [6.07, 6.45) is 4.26. The summed E-state index contributed by atoms with van der Waals surface area (Å²) < 4.78 is 0. The average Bonchev–Trinajstić information content (AvgIpc) is 3.74. The van der Waals surface area contributed by atoms with Crippen LogP contribution in [0.2, 0.25) is 0 Å². The first-order valence-electron chi connectivity index (χ1n) is 18.2. The number of hydrogen-bond acceptors (Lipinski definition) is 6. The second-order valence-electron chi connectivity index (χ2n) is 16.9. The molecule has 0 saturated carbocycles. The molecular formula is C36H72N6. The molecule has 6 aliphatic heterocycles. The van der Waals surface area contributed by atoms with Crippen molar-refractivity contribution >= 4 is 0 Å². The minimum atomic E-state index is 0.647. The van der Waals surface area contributed by atoms with Gasteiger partial charge in [-0.25, -0.2) is 0 Å². The summed E-state index contributed by atoms with van der Waals surface area (Å²) in [7, 11) is 0. The Hall–Kier alpha value is -0.240. The zero-order valence-corrected chi connectivity index (χ0v) is 30.1. The van der Waals surface area contributed by atoms with E-state index in [0.717, 1.165) is 60.2 Å². The number of nitrogens with zero attached hydrogens (tertiary/aromatic N) is 6.